The van der Waals surface area contributed by atoms with Crippen LogP contribution in [0, 0.1) is 0 Å². The van der Waals surface area contributed by atoms with E-state index in [-0.39, 0.29) is 11.5 Å². The van der Waals surface area contributed by atoms with Crippen LogP contribution in [0.4, 0.5) is 0 Å². The largest absolute Gasteiger partial charge is 0.497 e. The molecule has 0 aliphatic carbocycles. The lowest BCUT2D eigenvalue weighted by Gasteiger charge is -2.13. The SMILES string of the molecule is CCCCS(=O)(=O)CC(N)c1cccc(OC)c1. The van der Waals surface area contributed by atoms with Gasteiger partial charge < -0.3 is 10.5 Å². The van der Waals surface area contributed by atoms with Crippen molar-refractivity contribution in [3.05, 3.63) is 29.8 Å². The van der Waals surface area contributed by atoms with Crippen LogP contribution in [-0.4, -0.2) is 27.0 Å². The summed E-state index contributed by atoms with van der Waals surface area (Å²) in [5, 5.41) is 0. The standard InChI is InChI=1S/C13H21NO3S/c1-3-4-8-18(15,16)10-13(14)11-6-5-7-12(9-11)17-2/h5-7,9,13H,3-4,8,10,14H2,1-2H3. The van der Waals surface area contributed by atoms with E-state index in [1.807, 2.05) is 25.1 Å². The summed E-state index contributed by atoms with van der Waals surface area (Å²) in [7, 11) is -1.50. The van der Waals surface area contributed by atoms with E-state index in [2.05, 4.69) is 0 Å². The van der Waals surface area contributed by atoms with E-state index in [1.54, 1.807) is 13.2 Å². The van der Waals surface area contributed by atoms with E-state index in [9.17, 15) is 8.42 Å². The van der Waals surface area contributed by atoms with E-state index in [1.165, 1.54) is 0 Å². The van der Waals surface area contributed by atoms with Crippen LogP contribution in [-0.2, 0) is 9.84 Å². The van der Waals surface area contributed by atoms with Gasteiger partial charge in [-0.1, -0.05) is 25.5 Å². The van der Waals surface area contributed by atoms with Crippen molar-refractivity contribution in [2.24, 2.45) is 5.73 Å². The van der Waals surface area contributed by atoms with Crippen LogP contribution in [0.1, 0.15) is 31.4 Å². The number of nitrogens with two attached hydrogens (primary N) is 1. The lowest BCUT2D eigenvalue weighted by Crippen LogP contribution is -2.23. The van der Waals surface area contributed by atoms with E-state index >= 15 is 0 Å². The fourth-order valence-corrected chi connectivity index (χ4v) is 3.32. The average Bonchev–Trinajstić information content (AvgIpc) is 2.36. The summed E-state index contributed by atoms with van der Waals surface area (Å²) in [4.78, 5) is 0. The van der Waals surface area contributed by atoms with Gasteiger partial charge in [0.15, 0.2) is 9.84 Å². The van der Waals surface area contributed by atoms with Crippen LogP contribution in [0.2, 0.25) is 0 Å². The highest BCUT2D eigenvalue weighted by atomic mass is 32.2. The van der Waals surface area contributed by atoms with Crippen molar-refractivity contribution in [1.29, 1.82) is 0 Å². The number of rotatable bonds is 7. The zero-order valence-electron chi connectivity index (χ0n) is 10.9. The average molecular weight is 271 g/mol. The minimum atomic E-state index is -3.08. The molecule has 1 atom stereocenters. The van der Waals surface area contributed by atoms with Crippen molar-refractivity contribution in [3.8, 4) is 5.75 Å². The molecule has 0 aliphatic heterocycles. The van der Waals surface area contributed by atoms with Crippen LogP contribution in [0.3, 0.4) is 0 Å². The van der Waals surface area contributed by atoms with Gasteiger partial charge in [0.1, 0.15) is 5.75 Å². The van der Waals surface area contributed by atoms with Crippen molar-refractivity contribution in [2.75, 3.05) is 18.6 Å². The van der Waals surface area contributed by atoms with Gasteiger partial charge in [-0.25, -0.2) is 8.42 Å². The van der Waals surface area contributed by atoms with Crippen molar-refractivity contribution in [3.63, 3.8) is 0 Å². The third-order valence-corrected chi connectivity index (χ3v) is 4.54. The minimum Gasteiger partial charge on any atom is -0.497 e. The number of hydrogen-bond acceptors (Lipinski definition) is 4. The van der Waals surface area contributed by atoms with E-state index in [4.69, 9.17) is 10.5 Å². The Morgan fingerprint density at radius 2 is 2.11 bits per heavy atom. The molecule has 1 aromatic rings. The molecule has 5 heteroatoms. The highest BCUT2D eigenvalue weighted by molar-refractivity contribution is 7.91. The lowest BCUT2D eigenvalue weighted by atomic mass is 10.1. The quantitative estimate of drug-likeness (QED) is 0.822. The molecule has 0 bridgehead atoms. The number of benzene rings is 1. The lowest BCUT2D eigenvalue weighted by molar-refractivity contribution is 0.414. The molecule has 0 aromatic heterocycles. The van der Waals surface area contributed by atoms with Gasteiger partial charge in [0.25, 0.3) is 0 Å². The smallest absolute Gasteiger partial charge is 0.152 e. The Balaban J connectivity index is 2.72. The third kappa shape index (κ3) is 4.66. The van der Waals surface area contributed by atoms with Crippen LogP contribution in [0.25, 0.3) is 0 Å². The van der Waals surface area contributed by atoms with E-state index in [0.29, 0.717) is 12.2 Å². The van der Waals surface area contributed by atoms with E-state index < -0.39 is 15.9 Å². The second kappa shape index (κ2) is 6.75. The molecule has 0 spiro atoms. The Morgan fingerprint density at radius 1 is 1.39 bits per heavy atom. The zero-order chi connectivity index (χ0) is 13.6. The molecule has 0 radical (unpaired) electrons. The van der Waals surface area contributed by atoms with Gasteiger partial charge in [-0.15, -0.1) is 0 Å². The molecule has 1 rings (SSSR count). The highest BCUT2D eigenvalue weighted by Crippen LogP contribution is 2.19. The fourth-order valence-electron chi connectivity index (χ4n) is 1.69. The van der Waals surface area contributed by atoms with Crippen molar-refractivity contribution in [1.82, 2.24) is 0 Å². The molecular weight excluding hydrogens is 250 g/mol. The van der Waals surface area contributed by atoms with Gasteiger partial charge in [-0.05, 0) is 24.1 Å². The van der Waals surface area contributed by atoms with Crippen LogP contribution in [0.5, 0.6) is 5.75 Å². The van der Waals surface area contributed by atoms with Crippen LogP contribution in [0.15, 0.2) is 24.3 Å². The van der Waals surface area contributed by atoms with Gasteiger partial charge in [0.05, 0.1) is 18.6 Å². The summed E-state index contributed by atoms with van der Waals surface area (Å²) in [6.45, 7) is 1.97. The van der Waals surface area contributed by atoms with Gasteiger partial charge in [-0.3, -0.25) is 0 Å². The molecule has 0 amide bonds. The Hall–Kier alpha value is -1.07. The van der Waals surface area contributed by atoms with Crippen molar-refractivity contribution in [2.45, 2.75) is 25.8 Å². The predicted molar refractivity (Wildman–Crippen MR) is 73.5 cm³/mol. The summed E-state index contributed by atoms with van der Waals surface area (Å²) in [6, 6.07) is 6.72. The number of hydrogen-bond donors (Lipinski definition) is 1. The minimum absolute atomic E-state index is 0.0137. The maximum atomic E-state index is 11.8. The first-order valence-corrected chi connectivity index (χ1v) is 7.90. The first-order chi connectivity index (χ1) is 8.48. The summed E-state index contributed by atoms with van der Waals surface area (Å²) in [5.74, 6) is 0.885. The Kier molecular flexibility index (Phi) is 5.62. The first kappa shape index (κ1) is 15.0. The Bertz CT molecular complexity index is 471. The Labute approximate surface area is 109 Å². The molecule has 102 valence electrons. The Morgan fingerprint density at radius 3 is 2.72 bits per heavy atom. The molecule has 0 aliphatic rings. The van der Waals surface area contributed by atoms with Gasteiger partial charge in [0.2, 0.25) is 0 Å². The second-order valence-electron chi connectivity index (χ2n) is 4.35. The van der Waals surface area contributed by atoms with Crippen molar-refractivity contribution < 1.29 is 13.2 Å². The van der Waals surface area contributed by atoms with Crippen LogP contribution < -0.4 is 10.5 Å². The molecule has 0 fully saturated rings. The molecule has 1 unspecified atom stereocenters. The predicted octanol–water partition coefficient (Wildman–Crippen LogP) is 1.91. The summed E-state index contributed by atoms with van der Waals surface area (Å²) in [5.41, 5.74) is 6.73. The number of ether oxygens (including phenoxy) is 1. The molecule has 0 saturated carbocycles. The summed E-state index contributed by atoms with van der Waals surface area (Å²) in [6.07, 6.45) is 1.56. The van der Waals surface area contributed by atoms with E-state index in [0.717, 1.165) is 12.0 Å². The molecule has 1 aromatic carbocycles. The topological polar surface area (TPSA) is 69.4 Å². The maximum absolute atomic E-state index is 11.8. The molecular formula is C13H21NO3S. The molecule has 4 nitrogen and oxygen atoms in total. The second-order valence-corrected chi connectivity index (χ2v) is 6.58. The maximum Gasteiger partial charge on any atom is 0.152 e. The fraction of sp³-hybridized carbons (Fsp3) is 0.538. The number of methoxy groups -OCH3 is 1. The zero-order valence-corrected chi connectivity index (χ0v) is 11.7. The van der Waals surface area contributed by atoms with Gasteiger partial charge in [-0.2, -0.15) is 0 Å². The molecule has 0 saturated heterocycles. The molecule has 18 heavy (non-hydrogen) atoms. The first-order valence-electron chi connectivity index (χ1n) is 6.08. The molecule has 0 heterocycles. The number of sulfone groups is 1. The summed E-state index contributed by atoms with van der Waals surface area (Å²) >= 11 is 0. The van der Waals surface area contributed by atoms with Gasteiger partial charge >= 0.3 is 0 Å². The molecule has 2 N–H and O–H groups in total. The van der Waals surface area contributed by atoms with Crippen LogP contribution >= 0.6 is 0 Å². The van der Waals surface area contributed by atoms with Crippen molar-refractivity contribution >= 4 is 9.84 Å². The number of unbranched alkanes of at least 4 members (excludes halogenated alkanes) is 1. The summed E-state index contributed by atoms with van der Waals surface area (Å²) < 4.78 is 28.7. The normalized spacial score (nSPS) is 13.3. The third-order valence-electron chi connectivity index (χ3n) is 2.76. The highest BCUT2D eigenvalue weighted by Gasteiger charge is 2.17. The van der Waals surface area contributed by atoms with Gasteiger partial charge in [0, 0.05) is 6.04 Å². The monoisotopic (exact) mass is 271 g/mol.